The first kappa shape index (κ1) is 34.9. The molecule has 4 aromatic rings. The molecule has 1 aliphatic heterocycles. The zero-order valence-electron chi connectivity index (χ0n) is 28.0. The van der Waals surface area contributed by atoms with Gasteiger partial charge in [-0.1, -0.05) is 64.1 Å². The number of hydrogen-bond donors (Lipinski definition) is 1. The Balaban J connectivity index is 1.60. The van der Waals surface area contributed by atoms with Gasteiger partial charge in [0, 0.05) is 14.1 Å². The van der Waals surface area contributed by atoms with Crippen LogP contribution in [-0.2, 0) is 23.8 Å². The number of ether oxygens (including phenoxy) is 4. The Kier molecular flexibility index (Phi) is 10.8. The lowest BCUT2D eigenvalue weighted by molar-refractivity contribution is -0.172. The lowest BCUT2D eigenvalue weighted by Gasteiger charge is -2.25. The predicted octanol–water partition coefficient (Wildman–Crippen LogP) is 4.41. The summed E-state index contributed by atoms with van der Waals surface area (Å²) in [5, 5.41) is 10.2. The van der Waals surface area contributed by atoms with Crippen molar-refractivity contribution in [3.8, 4) is 5.88 Å². The van der Waals surface area contributed by atoms with E-state index in [0.717, 1.165) is 0 Å². The fourth-order valence-electron chi connectivity index (χ4n) is 4.89. The molecular formula is C34H39N7O8. The van der Waals surface area contributed by atoms with Gasteiger partial charge in [-0.15, -0.1) is 0 Å². The van der Waals surface area contributed by atoms with Gasteiger partial charge in [0.2, 0.25) is 0 Å². The van der Waals surface area contributed by atoms with Crippen LogP contribution in [0.4, 0.5) is 22.1 Å². The Morgan fingerprint density at radius 3 is 2.02 bits per heavy atom. The van der Waals surface area contributed by atoms with Crippen molar-refractivity contribution in [3.63, 3.8) is 0 Å². The fourth-order valence-corrected chi connectivity index (χ4v) is 4.89. The highest BCUT2D eigenvalue weighted by Gasteiger charge is 2.51. The van der Waals surface area contributed by atoms with Crippen molar-refractivity contribution >= 4 is 52.9 Å². The van der Waals surface area contributed by atoms with Gasteiger partial charge < -0.3 is 29.0 Å². The van der Waals surface area contributed by atoms with Gasteiger partial charge in [-0.2, -0.15) is 9.97 Å². The summed E-state index contributed by atoms with van der Waals surface area (Å²) < 4.78 is 25.1. The van der Waals surface area contributed by atoms with E-state index >= 15 is 0 Å². The predicted molar refractivity (Wildman–Crippen MR) is 179 cm³/mol. The number of anilines is 2. The number of rotatable bonds is 11. The second-order valence-corrected chi connectivity index (χ2v) is 12.1. The van der Waals surface area contributed by atoms with Crippen LogP contribution in [0.1, 0.15) is 33.9 Å². The van der Waals surface area contributed by atoms with Crippen LogP contribution in [0.25, 0.3) is 11.2 Å². The van der Waals surface area contributed by atoms with Crippen molar-refractivity contribution in [1.82, 2.24) is 24.4 Å². The van der Waals surface area contributed by atoms with Gasteiger partial charge in [-0.3, -0.25) is 14.2 Å². The highest BCUT2D eigenvalue weighted by molar-refractivity contribution is 5.98. The summed E-state index contributed by atoms with van der Waals surface area (Å²) in [5.74, 6) is -2.44. The Morgan fingerprint density at radius 2 is 1.49 bits per heavy atom. The van der Waals surface area contributed by atoms with Crippen molar-refractivity contribution < 1.29 is 38.4 Å². The van der Waals surface area contributed by atoms with Crippen LogP contribution in [0.3, 0.4) is 0 Å². The zero-order chi connectivity index (χ0) is 35.2. The van der Waals surface area contributed by atoms with Crippen molar-refractivity contribution in [2.75, 3.05) is 25.6 Å². The number of amides is 1. The van der Waals surface area contributed by atoms with E-state index in [0.29, 0.717) is 11.4 Å². The third-order valence-electron chi connectivity index (χ3n) is 7.36. The van der Waals surface area contributed by atoms with Crippen LogP contribution >= 0.6 is 0 Å². The van der Waals surface area contributed by atoms with Crippen molar-refractivity contribution in [3.05, 3.63) is 67.0 Å². The average Bonchev–Trinajstić information content (AvgIpc) is 3.65. The molecule has 4 atom stereocenters. The maximum absolute atomic E-state index is 13.9. The third-order valence-corrected chi connectivity index (χ3v) is 7.36. The average molecular weight is 674 g/mol. The molecule has 3 heterocycles. The number of benzene rings is 2. The van der Waals surface area contributed by atoms with E-state index in [1.807, 2.05) is 12.1 Å². The molecule has 15 nitrogen and oxygen atoms in total. The van der Waals surface area contributed by atoms with Crippen LogP contribution in [0, 0.1) is 11.8 Å². The monoisotopic (exact) mass is 673 g/mol. The zero-order valence-corrected chi connectivity index (χ0v) is 28.0. The molecule has 2 aromatic heterocycles. The standard InChI is InChI=1S/C34H39N7O8/c1-20(2)31(43)47-26-24(17-42)46-30(27(26)48-32(44)21(3)4)40-19-35-25-28(40)37-33(36-18-39(5)6)38-29(25)49-34(45)41(22-13-9-7-10-14-22)23-15-11-8-12-16-23/h7-16,18-21,24,26-27,30,42H,17H2,1-6H3/b36-18+/t24-,26-,27-,30-/m1/s1. The van der Waals surface area contributed by atoms with Gasteiger partial charge in [-0.05, 0) is 24.3 Å². The number of aromatic nitrogens is 4. The van der Waals surface area contributed by atoms with Crippen LogP contribution in [-0.4, -0.2) is 92.9 Å². The van der Waals surface area contributed by atoms with Gasteiger partial charge in [0.05, 0.1) is 42.5 Å². The third kappa shape index (κ3) is 7.84. The van der Waals surface area contributed by atoms with Gasteiger partial charge in [0.1, 0.15) is 6.10 Å². The number of imidazole rings is 1. The lowest BCUT2D eigenvalue weighted by atomic mass is 10.1. The van der Waals surface area contributed by atoms with Gasteiger partial charge in [0.15, 0.2) is 29.6 Å². The molecule has 15 heteroatoms. The van der Waals surface area contributed by atoms with Gasteiger partial charge >= 0.3 is 18.0 Å². The maximum atomic E-state index is 13.9. The smallest absolute Gasteiger partial charge is 0.425 e. The Bertz CT molecular complexity index is 1760. The summed E-state index contributed by atoms with van der Waals surface area (Å²) in [6.45, 7) is 6.10. The number of fused-ring (bicyclic) bond motifs is 1. The van der Waals surface area contributed by atoms with Crippen LogP contribution in [0.5, 0.6) is 5.88 Å². The van der Waals surface area contributed by atoms with Crippen LogP contribution in [0.2, 0.25) is 0 Å². The lowest BCUT2D eigenvalue weighted by Crippen LogP contribution is -2.42. The minimum absolute atomic E-state index is 0.0685. The number of aliphatic hydroxyl groups excluding tert-OH is 1. The fraction of sp³-hybridized carbons (Fsp3) is 0.382. The number of carbonyl (C=O) groups excluding carboxylic acids is 3. The molecule has 0 radical (unpaired) electrons. The SMILES string of the molecule is CC(C)C(=O)O[C@@H]1[C@H](OC(=O)C(C)C)[C@@H](CO)O[C@H]1n1cnc2c(OC(=O)N(c3ccccc3)c3ccccc3)nc(/N=C/N(C)C)nc21. The molecule has 0 aliphatic carbocycles. The van der Waals surface area contributed by atoms with Crippen LogP contribution in [0.15, 0.2) is 72.0 Å². The minimum atomic E-state index is -1.20. The summed E-state index contributed by atoms with van der Waals surface area (Å²) in [7, 11) is 3.52. The quantitative estimate of drug-likeness (QED) is 0.135. The summed E-state index contributed by atoms with van der Waals surface area (Å²) >= 11 is 0. The number of carbonyl (C=O) groups is 3. The van der Waals surface area contributed by atoms with E-state index < -0.39 is 61.0 Å². The molecule has 1 saturated heterocycles. The van der Waals surface area contributed by atoms with E-state index in [1.165, 1.54) is 22.1 Å². The number of aliphatic hydroxyl groups is 1. The number of hydrogen-bond acceptors (Lipinski definition) is 12. The van der Waals surface area contributed by atoms with Crippen molar-refractivity contribution in [2.24, 2.45) is 16.8 Å². The first-order valence-corrected chi connectivity index (χ1v) is 15.7. The van der Waals surface area contributed by atoms with Gasteiger partial charge in [-0.25, -0.2) is 19.7 Å². The highest BCUT2D eigenvalue weighted by atomic mass is 16.6. The first-order valence-electron chi connectivity index (χ1n) is 15.7. The highest BCUT2D eigenvalue weighted by Crippen LogP contribution is 2.38. The van der Waals surface area contributed by atoms with E-state index in [2.05, 4.69) is 19.9 Å². The molecule has 258 valence electrons. The Labute approximate surface area is 283 Å². The van der Waals surface area contributed by atoms with E-state index in [9.17, 15) is 19.5 Å². The molecule has 0 bridgehead atoms. The summed E-state index contributed by atoms with van der Waals surface area (Å²) in [4.78, 5) is 60.3. The number of esters is 2. The van der Waals surface area contributed by atoms with Crippen molar-refractivity contribution in [1.29, 1.82) is 0 Å². The topological polar surface area (TPSA) is 171 Å². The second-order valence-electron chi connectivity index (χ2n) is 12.1. The molecule has 1 N–H and O–H groups in total. The number of nitrogens with zero attached hydrogens (tertiary/aromatic N) is 7. The normalized spacial score (nSPS) is 19.0. The molecule has 1 amide bonds. The molecular weight excluding hydrogens is 634 g/mol. The molecule has 1 aliphatic rings. The molecule has 2 aromatic carbocycles. The first-order chi connectivity index (χ1) is 23.5. The van der Waals surface area contributed by atoms with E-state index in [-0.39, 0.29) is 23.0 Å². The molecule has 1 fully saturated rings. The Morgan fingerprint density at radius 1 is 0.918 bits per heavy atom. The molecule has 0 spiro atoms. The molecule has 0 unspecified atom stereocenters. The molecule has 5 rings (SSSR count). The largest absolute Gasteiger partial charge is 0.455 e. The summed E-state index contributed by atoms with van der Waals surface area (Å²) in [6, 6.07) is 17.9. The summed E-state index contributed by atoms with van der Waals surface area (Å²) in [6.07, 6.45) is -2.53. The minimum Gasteiger partial charge on any atom is -0.455 e. The second kappa shape index (κ2) is 15.2. The van der Waals surface area contributed by atoms with E-state index in [1.54, 1.807) is 95.2 Å². The Hall–Kier alpha value is -5.41. The maximum Gasteiger partial charge on any atom is 0.425 e. The van der Waals surface area contributed by atoms with Crippen molar-refractivity contribution in [2.45, 2.75) is 52.2 Å². The summed E-state index contributed by atoms with van der Waals surface area (Å²) in [5.41, 5.74) is 1.27. The van der Waals surface area contributed by atoms with Crippen LogP contribution < -0.4 is 9.64 Å². The molecule has 0 saturated carbocycles. The number of aliphatic imine (C=N–C) groups is 1. The molecule has 49 heavy (non-hydrogen) atoms. The van der Waals surface area contributed by atoms with E-state index in [4.69, 9.17) is 18.9 Å². The van der Waals surface area contributed by atoms with Gasteiger partial charge in [0.25, 0.3) is 11.8 Å². The number of para-hydroxylation sites is 2.